The third-order valence-electron chi connectivity index (χ3n) is 21.6. The second-order valence-electron chi connectivity index (χ2n) is 28.9. The molecule has 6 fully saturated rings. The Morgan fingerprint density at radius 2 is 1.15 bits per heavy atom. The van der Waals surface area contributed by atoms with Gasteiger partial charge in [-0.15, -0.1) is 11.6 Å². The van der Waals surface area contributed by atoms with Crippen molar-refractivity contribution in [2.24, 2.45) is 35.5 Å². The number of carbonyl (C=O) groups excluding carboxylic acids is 11. The summed E-state index contributed by atoms with van der Waals surface area (Å²) in [4.78, 5) is 172. The standard InChI is InChI=1S/C67H109ClF3N11O11/c1-13-42(4)58-64(92)77(8)39-56(85)75(6)40-57(86)80(11)52(36-44-21-15-14-16-22-44)62(90)76(7)38-54(83)72-49(29-27-46-26-28-47(48(68)35-46)67(69,70)71)61(89)82-32-20-25-50(82)60(88)74-66(30-17-18-31-66)65(93)81(12)53(37-45-23-19-24-45)63(91)78(9)43(5)34-55(84)79(10)51(33-41(2)3)59(87)73-58/h41-53,58H,13-40H2,1-12H3,(H,72,83)(H,73,87)(H,74,88)/t42-,43+,46?,47?,48?,49-,50-,51-,52-,53-,58-/m0/s1. The number of hydrogen-bond donors (Lipinski definition) is 3. The molecule has 526 valence electrons. The molecule has 0 bridgehead atoms. The van der Waals surface area contributed by atoms with E-state index in [2.05, 4.69) is 16.0 Å². The summed E-state index contributed by atoms with van der Waals surface area (Å²) in [6.07, 6.45) is 6.06. The molecular formula is C67H109ClF3N11O11. The third-order valence-corrected chi connectivity index (χ3v) is 22.0. The predicted octanol–water partition coefficient (Wildman–Crippen LogP) is 6.10. The van der Waals surface area contributed by atoms with E-state index in [4.69, 9.17) is 11.6 Å². The van der Waals surface area contributed by atoms with Gasteiger partial charge >= 0.3 is 6.18 Å². The van der Waals surface area contributed by atoms with Crippen molar-refractivity contribution in [3.63, 3.8) is 0 Å². The quantitative estimate of drug-likeness (QED) is 0.199. The van der Waals surface area contributed by atoms with E-state index < -0.39 is 156 Å². The average molecular weight is 1340 g/mol. The van der Waals surface area contributed by atoms with Gasteiger partial charge in [-0.25, -0.2) is 0 Å². The van der Waals surface area contributed by atoms with Crippen molar-refractivity contribution >= 4 is 76.6 Å². The Labute approximate surface area is 554 Å². The Bertz CT molecular complexity index is 2660. The first-order valence-corrected chi connectivity index (χ1v) is 34.9. The zero-order valence-corrected chi connectivity index (χ0v) is 58.2. The van der Waals surface area contributed by atoms with Crippen LogP contribution in [0.1, 0.15) is 189 Å². The summed E-state index contributed by atoms with van der Waals surface area (Å²) in [6.45, 7) is 7.73. The van der Waals surface area contributed by atoms with Crippen LogP contribution >= 0.6 is 11.6 Å². The molecule has 93 heavy (non-hydrogen) atoms. The molecule has 0 aromatic carbocycles. The minimum Gasteiger partial charge on any atom is -0.343 e. The van der Waals surface area contributed by atoms with Gasteiger partial charge in [0.15, 0.2) is 0 Å². The predicted molar refractivity (Wildman–Crippen MR) is 345 cm³/mol. The molecule has 3 unspecified atom stereocenters. The van der Waals surface area contributed by atoms with Gasteiger partial charge in [0, 0.05) is 73.7 Å². The number of likely N-dealkylation sites (N-methyl/N-ethyl adjacent to an activating group) is 7. The fourth-order valence-electron chi connectivity index (χ4n) is 14.8. The molecule has 22 nitrogen and oxygen atoms in total. The number of amides is 11. The third kappa shape index (κ3) is 19.7. The van der Waals surface area contributed by atoms with E-state index >= 15 is 9.59 Å². The van der Waals surface area contributed by atoms with Crippen LogP contribution in [-0.4, -0.2) is 239 Å². The van der Waals surface area contributed by atoms with E-state index in [1.165, 1.54) is 69.5 Å². The zero-order valence-electron chi connectivity index (χ0n) is 57.5. The molecule has 6 aliphatic rings. The summed E-state index contributed by atoms with van der Waals surface area (Å²) < 4.78 is 41.8. The summed E-state index contributed by atoms with van der Waals surface area (Å²) in [5, 5.41) is 7.63. The maximum Gasteiger partial charge on any atom is 0.393 e. The van der Waals surface area contributed by atoms with E-state index in [1.54, 1.807) is 27.9 Å². The van der Waals surface area contributed by atoms with E-state index in [0.717, 1.165) is 56.3 Å². The van der Waals surface area contributed by atoms with Crippen LogP contribution < -0.4 is 16.0 Å². The van der Waals surface area contributed by atoms with Crippen molar-refractivity contribution in [1.29, 1.82) is 0 Å². The van der Waals surface area contributed by atoms with Gasteiger partial charge in [-0.3, -0.25) is 52.7 Å². The Morgan fingerprint density at radius 3 is 1.72 bits per heavy atom. The Balaban J connectivity index is 1.36. The highest BCUT2D eigenvalue weighted by atomic mass is 35.5. The molecule has 4 aliphatic carbocycles. The highest BCUT2D eigenvalue weighted by Gasteiger charge is 2.51. The fourth-order valence-corrected chi connectivity index (χ4v) is 15.3. The maximum atomic E-state index is 15.3. The number of nitrogens with one attached hydrogen (secondary N) is 3. The molecule has 4 saturated carbocycles. The smallest absolute Gasteiger partial charge is 0.343 e. The monoisotopic (exact) mass is 1340 g/mol. The molecule has 11 amide bonds. The van der Waals surface area contributed by atoms with E-state index in [1.807, 2.05) is 20.8 Å². The first kappa shape index (κ1) is 76.3. The van der Waals surface area contributed by atoms with Crippen LogP contribution in [0.5, 0.6) is 0 Å². The van der Waals surface area contributed by atoms with Crippen molar-refractivity contribution < 1.29 is 65.9 Å². The first-order valence-electron chi connectivity index (χ1n) is 34.4. The zero-order chi connectivity index (χ0) is 69.0. The molecule has 0 aromatic rings. The average Bonchev–Trinajstić information content (AvgIpc) is 1.81. The number of rotatable bonds is 11. The molecule has 2 heterocycles. The van der Waals surface area contributed by atoms with Crippen molar-refractivity contribution in [3.8, 4) is 0 Å². The van der Waals surface area contributed by atoms with Gasteiger partial charge in [-0.1, -0.05) is 98.3 Å². The maximum absolute atomic E-state index is 15.3. The SMILES string of the molecule is CC[C@H](C)[C@@H]1NC(=O)[C@H](CC(C)C)N(C)C(=O)C[C@@H](C)N(C)C(=O)[C@H](CC2CCC2)N(C)C(=O)C2(CCCC2)NC(=O)[C@@H]2CCCN2C(=O)[C@H](CCC2CCC(C(F)(F)F)C(Cl)C2)NC(=O)CN(C)C(=O)[C@H](CC2CCCCC2)N(C)C(=O)CN(C)C(=O)CN(C)C1=O. The van der Waals surface area contributed by atoms with E-state index in [0.29, 0.717) is 32.1 Å². The van der Waals surface area contributed by atoms with Gasteiger partial charge in [0.1, 0.15) is 41.8 Å². The van der Waals surface area contributed by atoms with Crippen molar-refractivity contribution in [2.75, 3.05) is 75.5 Å². The van der Waals surface area contributed by atoms with Gasteiger partial charge in [0.25, 0.3) is 0 Å². The van der Waals surface area contributed by atoms with Crippen LogP contribution in [0.15, 0.2) is 0 Å². The Morgan fingerprint density at radius 1 is 0.570 bits per heavy atom. The number of carbonyl (C=O) groups is 11. The summed E-state index contributed by atoms with van der Waals surface area (Å²) in [7, 11) is 10.3. The van der Waals surface area contributed by atoms with Crippen molar-refractivity contribution in [3.05, 3.63) is 0 Å². The minimum absolute atomic E-state index is 0.0186. The lowest BCUT2D eigenvalue weighted by Gasteiger charge is -2.41. The molecule has 11 atom stereocenters. The van der Waals surface area contributed by atoms with Crippen LogP contribution in [0.4, 0.5) is 13.2 Å². The number of fused-ring (bicyclic) bond motifs is 1. The van der Waals surface area contributed by atoms with Gasteiger partial charge in [0.2, 0.25) is 65.0 Å². The lowest BCUT2D eigenvalue weighted by atomic mass is 9.78. The Kier molecular flexibility index (Phi) is 27.7. The molecule has 0 radical (unpaired) electrons. The summed E-state index contributed by atoms with van der Waals surface area (Å²) in [5.74, 6) is -8.65. The summed E-state index contributed by atoms with van der Waals surface area (Å²) in [5.41, 5.74) is -1.46. The normalized spacial score (nSPS) is 30.3. The summed E-state index contributed by atoms with van der Waals surface area (Å²) >= 11 is 6.38. The van der Waals surface area contributed by atoms with Gasteiger partial charge in [-0.05, 0) is 114 Å². The fraction of sp³-hybridized carbons (Fsp3) is 0.836. The molecular weight excluding hydrogens is 1230 g/mol. The largest absolute Gasteiger partial charge is 0.393 e. The second-order valence-corrected chi connectivity index (χ2v) is 29.5. The van der Waals surface area contributed by atoms with Crippen LogP contribution in [0.2, 0.25) is 0 Å². The lowest BCUT2D eigenvalue weighted by Crippen LogP contribution is -2.64. The highest BCUT2D eigenvalue weighted by molar-refractivity contribution is 6.20. The van der Waals surface area contributed by atoms with Crippen molar-refractivity contribution in [1.82, 2.24) is 55.1 Å². The highest BCUT2D eigenvalue weighted by Crippen LogP contribution is 2.44. The van der Waals surface area contributed by atoms with Crippen LogP contribution in [0, 0.1) is 35.5 Å². The van der Waals surface area contributed by atoms with Gasteiger partial charge in [0.05, 0.1) is 25.6 Å². The first-order chi connectivity index (χ1) is 43.7. The number of halogens is 4. The molecule has 2 saturated heterocycles. The number of nitrogens with zero attached hydrogens (tertiary/aromatic N) is 8. The molecule has 3 N–H and O–H groups in total. The topological polar surface area (TPSA) is 250 Å². The molecule has 1 spiro atoms. The molecule has 26 heteroatoms. The minimum atomic E-state index is -4.49. The van der Waals surface area contributed by atoms with Gasteiger partial charge in [-0.2, -0.15) is 13.2 Å². The van der Waals surface area contributed by atoms with Gasteiger partial charge < -0.3 is 55.1 Å². The molecule has 6 rings (SSSR count). The number of alkyl halides is 4. The van der Waals surface area contributed by atoms with Crippen LogP contribution in [0.3, 0.4) is 0 Å². The van der Waals surface area contributed by atoms with E-state index in [9.17, 15) is 56.3 Å². The van der Waals surface area contributed by atoms with E-state index in [-0.39, 0.29) is 101 Å². The molecule has 0 aromatic heterocycles. The van der Waals surface area contributed by atoms with Crippen LogP contribution in [0.25, 0.3) is 0 Å². The van der Waals surface area contributed by atoms with Crippen LogP contribution in [-0.2, 0) is 52.7 Å². The summed E-state index contributed by atoms with van der Waals surface area (Å²) in [6, 6.07) is -7.38. The molecule has 2 aliphatic heterocycles. The second kappa shape index (κ2) is 33.8. The Hall–Kier alpha value is -5.75. The number of hydrogen-bond acceptors (Lipinski definition) is 11. The van der Waals surface area contributed by atoms with Crippen molar-refractivity contribution in [2.45, 2.75) is 248 Å². The lowest BCUT2D eigenvalue weighted by molar-refractivity contribution is -0.182.